The Kier molecular flexibility index (Phi) is 9.51. The van der Waals surface area contributed by atoms with E-state index in [9.17, 15) is 5.11 Å². The minimum atomic E-state index is -0.588. The Bertz CT molecular complexity index is 771. The van der Waals surface area contributed by atoms with Gasteiger partial charge in [-0.05, 0) is 35.4 Å². The molecule has 0 heterocycles. The highest BCUT2D eigenvalue weighted by molar-refractivity contribution is 5.85. The van der Waals surface area contributed by atoms with Crippen LogP contribution in [-0.2, 0) is 13.1 Å². The standard InChI is InChI=1S/C24H27NO3.ClH/c1-27-23-12-14-24(15-13-23)28-19-22(26)18-25(16-20-8-4-2-5-9-20)17-21-10-6-3-7-11-21;/h2-15,22,26H,16-19H2,1H3;1H. The van der Waals surface area contributed by atoms with Crippen molar-refractivity contribution in [2.75, 3.05) is 20.3 Å². The Hall–Kier alpha value is -2.53. The fourth-order valence-electron chi connectivity index (χ4n) is 3.08. The van der Waals surface area contributed by atoms with Crippen molar-refractivity contribution >= 4 is 12.4 Å². The first kappa shape index (κ1) is 22.8. The Morgan fingerprint density at radius 3 is 1.72 bits per heavy atom. The Morgan fingerprint density at radius 2 is 1.24 bits per heavy atom. The van der Waals surface area contributed by atoms with Gasteiger partial charge in [0.05, 0.1) is 7.11 Å². The van der Waals surface area contributed by atoms with Gasteiger partial charge in [0, 0.05) is 19.6 Å². The molecule has 0 amide bonds. The lowest BCUT2D eigenvalue weighted by molar-refractivity contribution is 0.0628. The Balaban J connectivity index is 0.00000300. The average molecular weight is 414 g/mol. The summed E-state index contributed by atoms with van der Waals surface area (Å²) >= 11 is 0. The summed E-state index contributed by atoms with van der Waals surface area (Å²) in [6.45, 7) is 2.32. The maximum Gasteiger partial charge on any atom is 0.119 e. The largest absolute Gasteiger partial charge is 0.497 e. The maximum atomic E-state index is 10.5. The second kappa shape index (κ2) is 12.1. The number of methoxy groups -OCH3 is 1. The SMILES string of the molecule is COc1ccc(OCC(O)CN(Cc2ccccc2)Cc2ccccc2)cc1.Cl. The van der Waals surface area contributed by atoms with Crippen LogP contribution in [0.1, 0.15) is 11.1 Å². The van der Waals surface area contributed by atoms with Crippen LogP contribution in [0.3, 0.4) is 0 Å². The zero-order valence-corrected chi connectivity index (χ0v) is 17.4. The van der Waals surface area contributed by atoms with Crippen molar-refractivity contribution in [2.24, 2.45) is 0 Å². The molecule has 0 fully saturated rings. The van der Waals surface area contributed by atoms with E-state index in [2.05, 4.69) is 29.2 Å². The second-order valence-corrected chi connectivity index (χ2v) is 6.78. The van der Waals surface area contributed by atoms with Gasteiger partial charge in [-0.25, -0.2) is 0 Å². The van der Waals surface area contributed by atoms with E-state index in [1.165, 1.54) is 11.1 Å². The number of aliphatic hydroxyl groups excluding tert-OH is 1. The zero-order chi connectivity index (χ0) is 19.6. The van der Waals surface area contributed by atoms with Crippen molar-refractivity contribution in [1.82, 2.24) is 4.90 Å². The van der Waals surface area contributed by atoms with Crippen molar-refractivity contribution in [3.05, 3.63) is 96.1 Å². The van der Waals surface area contributed by atoms with E-state index in [1.54, 1.807) is 7.11 Å². The molecule has 1 N–H and O–H groups in total. The van der Waals surface area contributed by atoms with Gasteiger partial charge in [-0.2, -0.15) is 0 Å². The van der Waals surface area contributed by atoms with E-state index in [4.69, 9.17) is 9.47 Å². The second-order valence-electron chi connectivity index (χ2n) is 6.78. The number of benzene rings is 3. The number of ether oxygens (including phenoxy) is 2. The lowest BCUT2D eigenvalue weighted by atomic mass is 10.1. The monoisotopic (exact) mass is 413 g/mol. The molecule has 5 heteroatoms. The summed E-state index contributed by atoms with van der Waals surface area (Å²) in [5, 5.41) is 10.5. The summed E-state index contributed by atoms with van der Waals surface area (Å²) in [5.41, 5.74) is 2.45. The fraction of sp³-hybridized carbons (Fsp3) is 0.250. The predicted octanol–water partition coefficient (Wildman–Crippen LogP) is 4.56. The number of rotatable bonds is 10. The van der Waals surface area contributed by atoms with Crippen LogP contribution in [-0.4, -0.2) is 36.4 Å². The van der Waals surface area contributed by atoms with Gasteiger partial charge in [0.25, 0.3) is 0 Å². The van der Waals surface area contributed by atoms with E-state index < -0.39 is 6.10 Å². The molecule has 0 aliphatic rings. The summed E-state index contributed by atoms with van der Waals surface area (Å²) in [5.74, 6) is 1.50. The van der Waals surface area contributed by atoms with Crippen molar-refractivity contribution in [3.8, 4) is 11.5 Å². The highest BCUT2D eigenvalue weighted by Gasteiger charge is 2.14. The van der Waals surface area contributed by atoms with Gasteiger partial charge >= 0.3 is 0 Å². The van der Waals surface area contributed by atoms with Gasteiger partial charge < -0.3 is 14.6 Å². The molecule has 1 atom stereocenters. The fourth-order valence-corrected chi connectivity index (χ4v) is 3.08. The molecule has 29 heavy (non-hydrogen) atoms. The van der Waals surface area contributed by atoms with Crippen LogP contribution in [0.5, 0.6) is 11.5 Å². The molecule has 154 valence electrons. The van der Waals surface area contributed by atoms with Crippen LogP contribution in [0, 0.1) is 0 Å². The predicted molar refractivity (Wildman–Crippen MR) is 119 cm³/mol. The van der Waals surface area contributed by atoms with Gasteiger partial charge in [0.15, 0.2) is 0 Å². The molecule has 3 rings (SSSR count). The van der Waals surface area contributed by atoms with E-state index >= 15 is 0 Å². The normalized spacial score (nSPS) is 11.6. The molecule has 0 aliphatic heterocycles. The van der Waals surface area contributed by atoms with Gasteiger partial charge in [0.1, 0.15) is 24.2 Å². The minimum absolute atomic E-state index is 0. The van der Waals surface area contributed by atoms with Crippen molar-refractivity contribution < 1.29 is 14.6 Å². The highest BCUT2D eigenvalue weighted by Crippen LogP contribution is 2.17. The minimum Gasteiger partial charge on any atom is -0.497 e. The first-order valence-corrected chi connectivity index (χ1v) is 9.48. The third-order valence-corrected chi connectivity index (χ3v) is 4.47. The van der Waals surface area contributed by atoms with Crippen LogP contribution in [0.15, 0.2) is 84.9 Å². The van der Waals surface area contributed by atoms with Crippen LogP contribution >= 0.6 is 12.4 Å². The third kappa shape index (κ3) is 7.78. The van der Waals surface area contributed by atoms with E-state index in [1.807, 2.05) is 60.7 Å². The molecule has 3 aromatic carbocycles. The number of halogens is 1. The molecule has 0 saturated carbocycles. The van der Waals surface area contributed by atoms with Crippen LogP contribution < -0.4 is 9.47 Å². The molecular weight excluding hydrogens is 386 g/mol. The number of nitrogens with zero attached hydrogens (tertiary/aromatic N) is 1. The average Bonchev–Trinajstić information content (AvgIpc) is 2.74. The molecule has 0 saturated heterocycles. The molecule has 3 aromatic rings. The van der Waals surface area contributed by atoms with Gasteiger partial charge in [0.2, 0.25) is 0 Å². The summed E-state index contributed by atoms with van der Waals surface area (Å²) in [4.78, 5) is 2.24. The van der Waals surface area contributed by atoms with Gasteiger partial charge in [-0.15, -0.1) is 12.4 Å². The van der Waals surface area contributed by atoms with E-state index in [-0.39, 0.29) is 19.0 Å². The van der Waals surface area contributed by atoms with Crippen LogP contribution in [0.2, 0.25) is 0 Å². The zero-order valence-electron chi connectivity index (χ0n) is 16.6. The summed E-state index contributed by atoms with van der Waals surface area (Å²) in [6, 6.07) is 28.0. The lowest BCUT2D eigenvalue weighted by Crippen LogP contribution is -2.35. The quantitative estimate of drug-likeness (QED) is 0.529. The Morgan fingerprint density at radius 1 is 0.759 bits per heavy atom. The highest BCUT2D eigenvalue weighted by atomic mass is 35.5. The van der Waals surface area contributed by atoms with E-state index in [0.717, 1.165) is 24.6 Å². The van der Waals surface area contributed by atoms with Crippen molar-refractivity contribution in [1.29, 1.82) is 0 Å². The molecule has 0 aliphatic carbocycles. The summed E-state index contributed by atoms with van der Waals surface area (Å²) in [7, 11) is 1.63. The molecule has 0 radical (unpaired) electrons. The number of aliphatic hydroxyl groups is 1. The maximum absolute atomic E-state index is 10.5. The van der Waals surface area contributed by atoms with Crippen LogP contribution in [0.4, 0.5) is 0 Å². The molecule has 0 aromatic heterocycles. The first-order chi connectivity index (χ1) is 13.7. The summed E-state index contributed by atoms with van der Waals surface area (Å²) < 4.78 is 10.9. The molecule has 0 spiro atoms. The molecule has 4 nitrogen and oxygen atoms in total. The smallest absolute Gasteiger partial charge is 0.119 e. The molecule has 1 unspecified atom stereocenters. The molecule has 0 bridgehead atoms. The number of hydrogen-bond acceptors (Lipinski definition) is 4. The molecular formula is C24H28ClNO3. The lowest BCUT2D eigenvalue weighted by Gasteiger charge is -2.25. The van der Waals surface area contributed by atoms with Gasteiger partial charge in [-0.3, -0.25) is 4.90 Å². The van der Waals surface area contributed by atoms with Crippen LogP contribution in [0.25, 0.3) is 0 Å². The first-order valence-electron chi connectivity index (χ1n) is 9.48. The number of hydrogen-bond donors (Lipinski definition) is 1. The third-order valence-electron chi connectivity index (χ3n) is 4.47. The van der Waals surface area contributed by atoms with Gasteiger partial charge in [-0.1, -0.05) is 60.7 Å². The van der Waals surface area contributed by atoms with E-state index in [0.29, 0.717) is 6.54 Å². The topological polar surface area (TPSA) is 41.9 Å². The summed E-state index contributed by atoms with van der Waals surface area (Å²) in [6.07, 6.45) is -0.588. The van der Waals surface area contributed by atoms with Crippen molar-refractivity contribution in [3.63, 3.8) is 0 Å². The Labute approximate surface area is 179 Å². The van der Waals surface area contributed by atoms with Crippen molar-refractivity contribution in [2.45, 2.75) is 19.2 Å².